The number of carbonyl (C=O) groups excluding carboxylic acids is 1. The number of rotatable bonds is 16. The average Bonchev–Trinajstić information content (AvgIpc) is 3.19. The smallest absolute Gasteiger partial charge is 0.311 e. The molecular formula is C30H39NO8. The Kier molecular flexibility index (Phi) is 12.4. The number of esters is 1. The second kappa shape index (κ2) is 16.0. The van der Waals surface area contributed by atoms with Crippen molar-refractivity contribution in [2.24, 2.45) is 11.8 Å². The molecule has 3 rings (SSSR count). The van der Waals surface area contributed by atoms with Gasteiger partial charge in [0.25, 0.3) is 5.09 Å². The zero-order valence-electron chi connectivity index (χ0n) is 22.1. The molecule has 0 amide bonds. The zero-order chi connectivity index (χ0) is 28.0. The molecule has 1 fully saturated rings. The predicted octanol–water partition coefficient (Wildman–Crippen LogP) is 4.55. The molecule has 1 aliphatic carbocycles. The molecule has 0 bridgehead atoms. The molecule has 212 valence electrons. The largest absolute Gasteiger partial charge is 0.427 e. The molecule has 1 aliphatic rings. The van der Waals surface area contributed by atoms with Gasteiger partial charge in [-0.3, -0.25) is 4.79 Å². The van der Waals surface area contributed by atoms with Crippen molar-refractivity contribution < 1.29 is 34.8 Å². The lowest BCUT2D eigenvalue weighted by molar-refractivity contribution is -0.763. The van der Waals surface area contributed by atoms with Crippen LogP contribution in [0.2, 0.25) is 0 Å². The van der Waals surface area contributed by atoms with Gasteiger partial charge in [0.05, 0.1) is 18.3 Å². The van der Waals surface area contributed by atoms with E-state index in [4.69, 9.17) is 4.74 Å². The summed E-state index contributed by atoms with van der Waals surface area (Å²) < 4.78 is 5.29. The Labute approximate surface area is 229 Å². The number of benzene rings is 2. The zero-order valence-corrected chi connectivity index (χ0v) is 22.1. The van der Waals surface area contributed by atoms with E-state index in [0.29, 0.717) is 56.3 Å². The van der Waals surface area contributed by atoms with Crippen LogP contribution in [0.5, 0.6) is 5.75 Å². The van der Waals surface area contributed by atoms with Crippen molar-refractivity contribution in [3.05, 3.63) is 88.0 Å². The van der Waals surface area contributed by atoms with Crippen molar-refractivity contribution in [2.45, 2.75) is 82.7 Å². The van der Waals surface area contributed by atoms with Gasteiger partial charge in [-0.25, -0.2) is 0 Å². The first-order valence-corrected chi connectivity index (χ1v) is 13.6. The summed E-state index contributed by atoms with van der Waals surface area (Å²) in [6.45, 7) is -0.165. The molecule has 3 N–H and O–H groups in total. The van der Waals surface area contributed by atoms with Gasteiger partial charge >= 0.3 is 5.97 Å². The van der Waals surface area contributed by atoms with Crippen LogP contribution < -0.4 is 4.74 Å². The molecule has 2 aromatic rings. The fraction of sp³-hybridized carbons (Fsp3) is 0.500. The highest BCUT2D eigenvalue weighted by atomic mass is 16.9. The van der Waals surface area contributed by atoms with Crippen LogP contribution in [0.1, 0.15) is 62.5 Å². The molecule has 5 unspecified atom stereocenters. The van der Waals surface area contributed by atoms with Crippen LogP contribution in [0.25, 0.3) is 0 Å². The molecule has 0 radical (unpaired) electrons. The average molecular weight is 542 g/mol. The number of aliphatic hydroxyl groups is 3. The Hall–Kier alpha value is -3.27. The number of ether oxygens (including phenoxy) is 1. The van der Waals surface area contributed by atoms with E-state index in [0.717, 1.165) is 6.42 Å². The minimum atomic E-state index is -0.861. The molecule has 39 heavy (non-hydrogen) atoms. The number of hydrogen-bond acceptors (Lipinski definition) is 8. The van der Waals surface area contributed by atoms with Crippen LogP contribution in [0.3, 0.4) is 0 Å². The summed E-state index contributed by atoms with van der Waals surface area (Å²) in [7, 11) is 0. The Morgan fingerprint density at radius 3 is 2.44 bits per heavy atom. The fourth-order valence-corrected chi connectivity index (χ4v) is 5.11. The van der Waals surface area contributed by atoms with E-state index in [-0.39, 0.29) is 30.8 Å². The molecule has 0 spiro atoms. The molecule has 2 aromatic carbocycles. The van der Waals surface area contributed by atoms with Crippen LogP contribution in [0.4, 0.5) is 0 Å². The van der Waals surface area contributed by atoms with E-state index in [1.165, 1.54) is 5.56 Å². The minimum Gasteiger partial charge on any atom is -0.427 e. The minimum absolute atomic E-state index is 0.0523. The molecule has 0 heterocycles. The number of nitrogens with zero attached hydrogens (tertiary/aromatic N) is 1. The van der Waals surface area contributed by atoms with Crippen LogP contribution in [0, 0.1) is 22.0 Å². The maximum Gasteiger partial charge on any atom is 0.311 e. The predicted molar refractivity (Wildman–Crippen MR) is 145 cm³/mol. The molecule has 0 aromatic heterocycles. The van der Waals surface area contributed by atoms with Gasteiger partial charge in [0.1, 0.15) is 12.4 Å². The lowest BCUT2D eigenvalue weighted by Crippen LogP contribution is -2.23. The van der Waals surface area contributed by atoms with Crippen LogP contribution in [-0.2, 0) is 22.7 Å². The van der Waals surface area contributed by atoms with Gasteiger partial charge in [0.15, 0.2) is 0 Å². The second-order valence-electron chi connectivity index (χ2n) is 10.2. The molecule has 0 aliphatic heterocycles. The first kappa shape index (κ1) is 30.3. The van der Waals surface area contributed by atoms with Crippen molar-refractivity contribution in [3.63, 3.8) is 0 Å². The van der Waals surface area contributed by atoms with Gasteiger partial charge in [-0.05, 0) is 86.5 Å². The van der Waals surface area contributed by atoms with Crippen LogP contribution in [0.15, 0.2) is 66.7 Å². The Balaban J connectivity index is 1.33. The normalized spacial score (nSPS) is 21.6. The van der Waals surface area contributed by atoms with Crippen molar-refractivity contribution in [1.82, 2.24) is 0 Å². The number of carbonyl (C=O) groups is 1. The van der Waals surface area contributed by atoms with Crippen LogP contribution in [-0.4, -0.2) is 44.7 Å². The second-order valence-corrected chi connectivity index (χ2v) is 10.2. The van der Waals surface area contributed by atoms with E-state index in [9.17, 15) is 30.2 Å². The van der Waals surface area contributed by atoms with Gasteiger partial charge in [-0.2, -0.15) is 0 Å². The van der Waals surface area contributed by atoms with E-state index in [1.807, 2.05) is 30.4 Å². The SMILES string of the molecule is O=C(CCC/C=C\CC1C(O)CC(O)C1CCC(O)CCc1ccccc1)Oc1ccc(CO[N+](=O)[O-])cc1. The number of allylic oxidation sites excluding steroid dienone is 2. The number of unbranched alkanes of at least 4 members (excludes halogenated alkanes) is 1. The quantitative estimate of drug-likeness (QED) is 0.0702. The van der Waals surface area contributed by atoms with Crippen molar-refractivity contribution in [2.75, 3.05) is 0 Å². The molecule has 0 saturated heterocycles. The third-order valence-corrected chi connectivity index (χ3v) is 7.28. The lowest BCUT2D eigenvalue weighted by Gasteiger charge is -2.23. The van der Waals surface area contributed by atoms with E-state index < -0.39 is 23.4 Å². The maximum atomic E-state index is 12.1. The van der Waals surface area contributed by atoms with Crippen LogP contribution >= 0.6 is 0 Å². The third-order valence-electron chi connectivity index (χ3n) is 7.28. The van der Waals surface area contributed by atoms with Crippen molar-refractivity contribution in [3.8, 4) is 5.75 Å². The van der Waals surface area contributed by atoms with Gasteiger partial charge in [-0.15, -0.1) is 10.1 Å². The lowest BCUT2D eigenvalue weighted by atomic mass is 9.85. The summed E-state index contributed by atoms with van der Waals surface area (Å²) in [6.07, 6.45) is 7.70. The molecule has 9 nitrogen and oxygen atoms in total. The summed E-state index contributed by atoms with van der Waals surface area (Å²) in [6, 6.07) is 16.4. The van der Waals surface area contributed by atoms with Gasteiger partial charge in [-0.1, -0.05) is 54.6 Å². The first-order valence-electron chi connectivity index (χ1n) is 13.6. The third kappa shape index (κ3) is 10.8. The van der Waals surface area contributed by atoms with Crippen molar-refractivity contribution >= 4 is 5.97 Å². The fourth-order valence-electron chi connectivity index (χ4n) is 5.11. The van der Waals surface area contributed by atoms with Crippen molar-refractivity contribution in [1.29, 1.82) is 0 Å². The molecule has 9 heteroatoms. The summed E-state index contributed by atoms with van der Waals surface area (Å²) in [5.74, 6) is -0.104. The Bertz CT molecular complexity index is 1040. The number of aliphatic hydroxyl groups excluding tert-OH is 3. The molecule has 1 saturated carbocycles. The van der Waals surface area contributed by atoms with E-state index in [1.54, 1.807) is 24.3 Å². The Morgan fingerprint density at radius 1 is 1.00 bits per heavy atom. The van der Waals surface area contributed by atoms with E-state index >= 15 is 0 Å². The molecule has 5 atom stereocenters. The maximum absolute atomic E-state index is 12.1. The Morgan fingerprint density at radius 2 is 1.72 bits per heavy atom. The summed E-state index contributed by atoms with van der Waals surface area (Å²) in [5, 5.41) is 40.8. The van der Waals surface area contributed by atoms with Gasteiger partial charge < -0.3 is 24.9 Å². The summed E-state index contributed by atoms with van der Waals surface area (Å²) in [5.41, 5.74) is 1.79. The van der Waals surface area contributed by atoms with E-state index in [2.05, 4.69) is 17.0 Å². The molecular weight excluding hydrogens is 502 g/mol. The standard InChI is InChI=1S/C30H39NO8/c32-24(15-12-22-8-4-3-5-9-22)16-19-27-26(28(33)20-29(27)34)10-6-1-2-7-11-30(35)39-25-17-13-23(14-18-25)21-38-31(36)37/h1,3-6,8-9,13-14,17-18,24,26-29,32-34H,2,7,10-12,15-16,19-21H2/b6-1-. The highest BCUT2D eigenvalue weighted by Crippen LogP contribution is 2.38. The first-order chi connectivity index (χ1) is 18.8. The topological polar surface area (TPSA) is 139 Å². The summed E-state index contributed by atoms with van der Waals surface area (Å²) >= 11 is 0. The highest BCUT2D eigenvalue weighted by molar-refractivity contribution is 5.72. The summed E-state index contributed by atoms with van der Waals surface area (Å²) in [4.78, 5) is 26.6. The highest BCUT2D eigenvalue weighted by Gasteiger charge is 2.40. The number of hydrogen-bond donors (Lipinski definition) is 3. The van der Waals surface area contributed by atoms with Gasteiger partial charge in [0, 0.05) is 6.42 Å². The van der Waals surface area contributed by atoms with Gasteiger partial charge in [0.2, 0.25) is 0 Å². The monoisotopic (exact) mass is 541 g/mol. The number of aryl methyl sites for hydroxylation is 1.